The SMILES string of the molecule is COc1cc(C2OC(OC)c3cc4c(cc32)OCO4)cc(OC)c1OC. The second-order valence-electron chi connectivity index (χ2n) is 5.88. The average Bonchev–Trinajstić information content (AvgIpc) is 3.28. The first kappa shape index (κ1) is 16.8. The van der Waals surface area contributed by atoms with Crippen LogP contribution in [0.5, 0.6) is 28.7 Å². The predicted molar refractivity (Wildman–Crippen MR) is 91.3 cm³/mol. The van der Waals surface area contributed by atoms with Gasteiger partial charge in [0.2, 0.25) is 12.5 Å². The van der Waals surface area contributed by atoms with Crippen LogP contribution in [0.3, 0.4) is 0 Å². The molecule has 138 valence electrons. The molecule has 4 rings (SSSR count). The van der Waals surface area contributed by atoms with Crippen molar-refractivity contribution < 1.29 is 33.2 Å². The van der Waals surface area contributed by atoms with E-state index in [1.54, 1.807) is 28.4 Å². The van der Waals surface area contributed by atoms with Crippen molar-refractivity contribution in [1.82, 2.24) is 0 Å². The summed E-state index contributed by atoms with van der Waals surface area (Å²) in [4.78, 5) is 0. The molecule has 0 saturated carbocycles. The van der Waals surface area contributed by atoms with E-state index in [1.807, 2.05) is 24.3 Å². The summed E-state index contributed by atoms with van der Waals surface area (Å²) in [5.74, 6) is 3.05. The van der Waals surface area contributed by atoms with E-state index in [-0.39, 0.29) is 12.9 Å². The molecule has 7 heteroatoms. The number of hydrogen-bond acceptors (Lipinski definition) is 7. The van der Waals surface area contributed by atoms with E-state index >= 15 is 0 Å². The summed E-state index contributed by atoms with van der Waals surface area (Å²) in [6, 6.07) is 7.59. The van der Waals surface area contributed by atoms with Gasteiger partial charge in [-0.05, 0) is 35.4 Å². The molecule has 2 atom stereocenters. The van der Waals surface area contributed by atoms with Gasteiger partial charge in [-0.1, -0.05) is 0 Å². The smallest absolute Gasteiger partial charge is 0.231 e. The maximum absolute atomic E-state index is 6.13. The minimum absolute atomic E-state index is 0.214. The molecule has 0 spiro atoms. The molecule has 0 aliphatic carbocycles. The fourth-order valence-electron chi connectivity index (χ4n) is 3.37. The van der Waals surface area contributed by atoms with Gasteiger partial charge in [-0.2, -0.15) is 0 Å². The van der Waals surface area contributed by atoms with Gasteiger partial charge in [-0.3, -0.25) is 0 Å². The summed E-state index contributed by atoms with van der Waals surface area (Å²) in [6.07, 6.45) is -0.859. The fourth-order valence-corrected chi connectivity index (χ4v) is 3.37. The van der Waals surface area contributed by atoms with Gasteiger partial charge in [-0.25, -0.2) is 0 Å². The zero-order valence-corrected chi connectivity index (χ0v) is 15.0. The van der Waals surface area contributed by atoms with Gasteiger partial charge in [0.15, 0.2) is 29.3 Å². The maximum Gasteiger partial charge on any atom is 0.231 e. The summed E-state index contributed by atoms with van der Waals surface area (Å²) >= 11 is 0. The standard InChI is InChI=1S/C19H20O7/c1-20-15-5-10(6-16(21-2)18(15)22-3)17-11-7-13-14(25-9-24-13)8-12(11)19(23-4)26-17/h5-8,17,19H,9H2,1-4H3. The maximum atomic E-state index is 6.13. The molecule has 2 unspecified atom stereocenters. The summed E-state index contributed by atoms with van der Waals surface area (Å²) in [5.41, 5.74) is 2.73. The lowest BCUT2D eigenvalue weighted by atomic mass is 9.97. The summed E-state index contributed by atoms with van der Waals surface area (Å²) < 4.78 is 38.9. The second kappa shape index (κ2) is 6.59. The Morgan fingerprint density at radius 2 is 1.42 bits per heavy atom. The van der Waals surface area contributed by atoms with Crippen LogP contribution in [-0.2, 0) is 9.47 Å². The van der Waals surface area contributed by atoms with Crippen LogP contribution in [0, 0.1) is 0 Å². The predicted octanol–water partition coefficient (Wildman–Crippen LogP) is 3.21. The third-order valence-electron chi connectivity index (χ3n) is 4.58. The number of ether oxygens (including phenoxy) is 7. The van der Waals surface area contributed by atoms with Crippen molar-refractivity contribution in [1.29, 1.82) is 0 Å². The molecule has 0 aromatic heterocycles. The number of rotatable bonds is 5. The monoisotopic (exact) mass is 360 g/mol. The highest BCUT2D eigenvalue weighted by Crippen LogP contribution is 2.50. The van der Waals surface area contributed by atoms with E-state index in [0.29, 0.717) is 28.7 Å². The molecular formula is C19H20O7. The lowest BCUT2D eigenvalue weighted by molar-refractivity contribution is -0.132. The van der Waals surface area contributed by atoms with Crippen LogP contribution in [0.4, 0.5) is 0 Å². The van der Waals surface area contributed by atoms with Crippen molar-refractivity contribution in [3.63, 3.8) is 0 Å². The third-order valence-corrected chi connectivity index (χ3v) is 4.58. The van der Waals surface area contributed by atoms with Gasteiger partial charge in [0, 0.05) is 12.7 Å². The molecule has 0 fully saturated rings. The average molecular weight is 360 g/mol. The second-order valence-corrected chi connectivity index (χ2v) is 5.88. The highest BCUT2D eigenvalue weighted by atomic mass is 16.7. The Labute approximate surface area is 151 Å². The molecule has 2 aromatic carbocycles. The van der Waals surface area contributed by atoms with Crippen molar-refractivity contribution in [2.24, 2.45) is 0 Å². The lowest BCUT2D eigenvalue weighted by Crippen LogP contribution is -2.04. The Hall–Kier alpha value is -2.64. The van der Waals surface area contributed by atoms with E-state index in [1.165, 1.54) is 0 Å². The molecule has 0 saturated heterocycles. The first-order valence-corrected chi connectivity index (χ1v) is 8.11. The summed E-state index contributed by atoms with van der Waals surface area (Å²) in [5, 5.41) is 0. The molecular weight excluding hydrogens is 340 g/mol. The van der Waals surface area contributed by atoms with Gasteiger partial charge >= 0.3 is 0 Å². The molecule has 0 bridgehead atoms. The Balaban J connectivity index is 1.83. The Bertz CT molecular complexity index is 808. The lowest BCUT2D eigenvalue weighted by Gasteiger charge is -2.18. The molecule has 2 heterocycles. The van der Waals surface area contributed by atoms with Crippen molar-refractivity contribution in [3.8, 4) is 28.7 Å². The molecule has 2 aromatic rings. The van der Waals surface area contributed by atoms with E-state index in [2.05, 4.69) is 0 Å². The topological polar surface area (TPSA) is 64.6 Å². The molecule has 0 N–H and O–H groups in total. The molecule has 2 aliphatic heterocycles. The van der Waals surface area contributed by atoms with Crippen LogP contribution >= 0.6 is 0 Å². The van der Waals surface area contributed by atoms with E-state index < -0.39 is 6.29 Å². The number of benzene rings is 2. The van der Waals surface area contributed by atoms with Crippen LogP contribution in [0.2, 0.25) is 0 Å². The van der Waals surface area contributed by atoms with E-state index in [0.717, 1.165) is 16.7 Å². The van der Waals surface area contributed by atoms with Crippen LogP contribution in [-0.4, -0.2) is 35.2 Å². The Kier molecular flexibility index (Phi) is 4.26. The highest BCUT2D eigenvalue weighted by Gasteiger charge is 2.36. The van der Waals surface area contributed by atoms with Crippen LogP contribution in [0.1, 0.15) is 29.1 Å². The van der Waals surface area contributed by atoms with Gasteiger partial charge in [0.1, 0.15) is 6.10 Å². The molecule has 0 radical (unpaired) electrons. The number of methoxy groups -OCH3 is 4. The summed E-state index contributed by atoms with van der Waals surface area (Å²) in [6.45, 7) is 0.214. The van der Waals surface area contributed by atoms with Gasteiger partial charge < -0.3 is 33.2 Å². The zero-order chi connectivity index (χ0) is 18.3. The van der Waals surface area contributed by atoms with Gasteiger partial charge in [0.05, 0.1) is 21.3 Å². The number of hydrogen-bond donors (Lipinski definition) is 0. The van der Waals surface area contributed by atoms with E-state index in [9.17, 15) is 0 Å². The molecule has 26 heavy (non-hydrogen) atoms. The van der Waals surface area contributed by atoms with Gasteiger partial charge in [-0.15, -0.1) is 0 Å². The largest absolute Gasteiger partial charge is 0.493 e. The van der Waals surface area contributed by atoms with Gasteiger partial charge in [0.25, 0.3) is 0 Å². The Morgan fingerprint density at radius 3 is 1.96 bits per heavy atom. The minimum Gasteiger partial charge on any atom is -0.493 e. The first-order chi connectivity index (χ1) is 12.7. The molecule has 7 nitrogen and oxygen atoms in total. The van der Waals surface area contributed by atoms with Crippen LogP contribution in [0.15, 0.2) is 24.3 Å². The van der Waals surface area contributed by atoms with Crippen molar-refractivity contribution in [2.45, 2.75) is 12.4 Å². The third kappa shape index (κ3) is 2.51. The fraction of sp³-hybridized carbons (Fsp3) is 0.368. The van der Waals surface area contributed by atoms with Crippen LogP contribution < -0.4 is 23.7 Å². The number of fused-ring (bicyclic) bond motifs is 2. The normalized spacial score (nSPS) is 20.0. The zero-order valence-electron chi connectivity index (χ0n) is 15.0. The van der Waals surface area contributed by atoms with E-state index in [4.69, 9.17) is 33.2 Å². The quantitative estimate of drug-likeness (QED) is 0.811. The van der Waals surface area contributed by atoms with Crippen LogP contribution in [0.25, 0.3) is 0 Å². The molecule has 0 amide bonds. The summed E-state index contributed by atoms with van der Waals surface area (Å²) in [7, 11) is 6.35. The minimum atomic E-state index is -0.497. The first-order valence-electron chi connectivity index (χ1n) is 8.11. The highest BCUT2D eigenvalue weighted by molar-refractivity contribution is 5.58. The Morgan fingerprint density at radius 1 is 0.808 bits per heavy atom. The molecule has 2 aliphatic rings. The van der Waals surface area contributed by atoms with Crippen molar-refractivity contribution in [2.75, 3.05) is 35.2 Å². The van der Waals surface area contributed by atoms with Crippen molar-refractivity contribution >= 4 is 0 Å². The van der Waals surface area contributed by atoms with Crippen molar-refractivity contribution in [3.05, 3.63) is 41.0 Å².